The van der Waals surface area contributed by atoms with Gasteiger partial charge in [0.1, 0.15) is 18.2 Å². The fourth-order valence-corrected chi connectivity index (χ4v) is 3.26. The highest BCUT2D eigenvalue weighted by molar-refractivity contribution is 5.97. The van der Waals surface area contributed by atoms with Gasteiger partial charge >= 0.3 is 0 Å². The third-order valence-electron chi connectivity index (χ3n) is 4.42. The molecule has 0 aliphatic carbocycles. The maximum absolute atomic E-state index is 13.8. The topological polar surface area (TPSA) is 40.6 Å². The van der Waals surface area contributed by atoms with Crippen molar-refractivity contribution in [1.29, 1.82) is 0 Å². The first-order valence-corrected chi connectivity index (χ1v) is 8.43. The Bertz CT molecular complexity index is 847. The zero-order chi connectivity index (χ0) is 18.8. The van der Waals surface area contributed by atoms with Crippen LogP contribution in [0.25, 0.3) is 0 Å². The molecule has 1 fully saturated rings. The smallest absolute Gasteiger partial charge is 0.257 e. The van der Waals surface area contributed by atoms with Gasteiger partial charge in [-0.25, -0.2) is 8.78 Å². The number of halogens is 2. The second-order valence-corrected chi connectivity index (χ2v) is 6.66. The monoisotopic (exact) mass is 358 g/mol. The molecular weight excluding hydrogens is 338 g/mol. The lowest BCUT2D eigenvalue weighted by molar-refractivity contribution is -0.135. The van der Waals surface area contributed by atoms with E-state index in [1.165, 1.54) is 4.90 Å². The number of benzene rings is 2. The summed E-state index contributed by atoms with van der Waals surface area (Å²) in [6.45, 7) is 4.97. The summed E-state index contributed by atoms with van der Waals surface area (Å²) in [5, 5.41) is 0. The van der Waals surface area contributed by atoms with Crippen LogP contribution in [0.15, 0.2) is 36.4 Å². The van der Waals surface area contributed by atoms with E-state index in [-0.39, 0.29) is 24.6 Å². The third kappa shape index (κ3) is 3.90. The Morgan fingerprint density at radius 1 is 1.04 bits per heavy atom. The highest BCUT2D eigenvalue weighted by Crippen LogP contribution is 2.17. The van der Waals surface area contributed by atoms with E-state index >= 15 is 0 Å². The molecule has 4 nitrogen and oxygen atoms in total. The van der Waals surface area contributed by atoms with Gasteiger partial charge in [-0.3, -0.25) is 9.59 Å². The molecule has 1 aliphatic heterocycles. The van der Waals surface area contributed by atoms with Crippen molar-refractivity contribution in [3.63, 3.8) is 0 Å². The van der Waals surface area contributed by atoms with Gasteiger partial charge in [-0.1, -0.05) is 29.3 Å². The van der Waals surface area contributed by atoms with E-state index < -0.39 is 17.5 Å². The lowest BCUT2D eigenvalue weighted by Gasteiger charge is -2.34. The molecule has 6 heteroatoms. The fraction of sp³-hybridized carbons (Fsp3) is 0.300. The van der Waals surface area contributed by atoms with Crippen LogP contribution < -0.4 is 0 Å². The van der Waals surface area contributed by atoms with E-state index in [4.69, 9.17) is 0 Å². The number of hydrogen-bond donors (Lipinski definition) is 0. The van der Waals surface area contributed by atoms with Crippen LogP contribution in [0.2, 0.25) is 0 Å². The Morgan fingerprint density at radius 2 is 1.73 bits per heavy atom. The predicted molar refractivity (Wildman–Crippen MR) is 93.6 cm³/mol. The van der Waals surface area contributed by atoms with Gasteiger partial charge in [0.05, 0.1) is 5.56 Å². The van der Waals surface area contributed by atoms with E-state index in [0.717, 1.165) is 34.9 Å². The Hall–Kier alpha value is -2.76. The summed E-state index contributed by atoms with van der Waals surface area (Å²) in [5.74, 6) is -2.35. The molecule has 0 spiro atoms. The number of carbonyl (C=O) groups is 2. The minimum absolute atomic E-state index is 0.139. The van der Waals surface area contributed by atoms with Gasteiger partial charge in [0.15, 0.2) is 0 Å². The standard InChI is InChI=1S/C20H20F2N2O2/c1-13-7-14(2)9-15(8-13)11-23-5-6-24(12-19(23)25)20(26)17-10-16(21)3-4-18(17)22/h3-4,7-10H,5-6,11-12H2,1-2H3. The molecule has 0 saturated carbocycles. The average Bonchev–Trinajstić information content (AvgIpc) is 2.57. The Labute approximate surface area is 151 Å². The van der Waals surface area contributed by atoms with Crippen LogP contribution in [-0.4, -0.2) is 41.2 Å². The number of piperazine rings is 1. The molecule has 136 valence electrons. The van der Waals surface area contributed by atoms with Crippen molar-refractivity contribution >= 4 is 11.8 Å². The third-order valence-corrected chi connectivity index (χ3v) is 4.42. The molecule has 0 radical (unpaired) electrons. The van der Waals surface area contributed by atoms with Crippen LogP contribution in [0.3, 0.4) is 0 Å². The first-order chi connectivity index (χ1) is 12.3. The molecule has 26 heavy (non-hydrogen) atoms. The van der Waals surface area contributed by atoms with Gasteiger partial charge < -0.3 is 9.80 Å². The van der Waals surface area contributed by atoms with E-state index in [9.17, 15) is 18.4 Å². The first kappa shape index (κ1) is 18.0. The first-order valence-electron chi connectivity index (χ1n) is 8.43. The highest BCUT2D eigenvalue weighted by atomic mass is 19.1. The zero-order valence-corrected chi connectivity index (χ0v) is 14.8. The Kier molecular flexibility index (Phi) is 5.02. The second kappa shape index (κ2) is 7.23. The van der Waals surface area contributed by atoms with E-state index in [0.29, 0.717) is 13.1 Å². The van der Waals surface area contributed by atoms with Crippen molar-refractivity contribution < 1.29 is 18.4 Å². The molecule has 2 aromatic carbocycles. The minimum atomic E-state index is -0.790. The molecule has 1 heterocycles. The molecule has 1 saturated heterocycles. The van der Waals surface area contributed by atoms with Gasteiger partial charge in [-0.2, -0.15) is 0 Å². The van der Waals surface area contributed by atoms with Crippen LogP contribution in [-0.2, 0) is 11.3 Å². The summed E-state index contributed by atoms with van der Waals surface area (Å²) in [6, 6.07) is 8.86. The SMILES string of the molecule is Cc1cc(C)cc(CN2CCN(C(=O)c3cc(F)ccc3F)CC2=O)c1. The van der Waals surface area contributed by atoms with Gasteiger partial charge in [0.2, 0.25) is 5.91 Å². The van der Waals surface area contributed by atoms with Gasteiger partial charge in [0, 0.05) is 19.6 Å². The van der Waals surface area contributed by atoms with E-state index in [2.05, 4.69) is 6.07 Å². The summed E-state index contributed by atoms with van der Waals surface area (Å²) >= 11 is 0. The van der Waals surface area contributed by atoms with Crippen molar-refractivity contribution in [3.8, 4) is 0 Å². The van der Waals surface area contributed by atoms with Gasteiger partial charge in [-0.15, -0.1) is 0 Å². The van der Waals surface area contributed by atoms with Crippen molar-refractivity contribution in [1.82, 2.24) is 9.80 Å². The normalized spacial score (nSPS) is 14.7. The summed E-state index contributed by atoms with van der Waals surface area (Å²) in [7, 11) is 0. The Balaban J connectivity index is 1.69. The summed E-state index contributed by atoms with van der Waals surface area (Å²) in [6.07, 6.45) is 0. The summed E-state index contributed by atoms with van der Waals surface area (Å²) < 4.78 is 27.1. The quantitative estimate of drug-likeness (QED) is 0.846. The number of carbonyl (C=O) groups excluding carboxylic acids is 2. The van der Waals surface area contributed by atoms with E-state index in [1.54, 1.807) is 4.90 Å². The maximum Gasteiger partial charge on any atom is 0.257 e. The molecule has 2 amide bonds. The highest BCUT2D eigenvalue weighted by Gasteiger charge is 2.29. The maximum atomic E-state index is 13.8. The van der Waals surface area contributed by atoms with Crippen LogP contribution >= 0.6 is 0 Å². The molecule has 1 aliphatic rings. The molecule has 0 atom stereocenters. The predicted octanol–water partition coefficient (Wildman–Crippen LogP) is 3.07. The van der Waals surface area contributed by atoms with Crippen molar-refractivity contribution in [3.05, 3.63) is 70.3 Å². The molecular formula is C20H20F2N2O2. The average molecular weight is 358 g/mol. The van der Waals surface area contributed by atoms with Crippen LogP contribution in [0, 0.1) is 25.5 Å². The van der Waals surface area contributed by atoms with Crippen molar-refractivity contribution in [2.45, 2.75) is 20.4 Å². The largest absolute Gasteiger partial charge is 0.335 e. The Morgan fingerprint density at radius 3 is 2.38 bits per heavy atom. The van der Waals surface area contributed by atoms with Gasteiger partial charge in [-0.05, 0) is 37.6 Å². The van der Waals surface area contributed by atoms with Crippen molar-refractivity contribution in [2.75, 3.05) is 19.6 Å². The zero-order valence-electron chi connectivity index (χ0n) is 14.8. The van der Waals surface area contributed by atoms with Crippen LogP contribution in [0.5, 0.6) is 0 Å². The molecule has 0 unspecified atom stereocenters. The molecule has 0 bridgehead atoms. The number of hydrogen-bond acceptors (Lipinski definition) is 2. The summed E-state index contributed by atoms with van der Waals surface area (Å²) in [4.78, 5) is 27.8. The number of amides is 2. The number of aryl methyl sites for hydroxylation is 2. The van der Waals surface area contributed by atoms with E-state index in [1.807, 2.05) is 26.0 Å². The lowest BCUT2D eigenvalue weighted by atomic mass is 10.1. The van der Waals surface area contributed by atoms with Gasteiger partial charge in [0.25, 0.3) is 5.91 Å². The number of nitrogens with zero attached hydrogens (tertiary/aromatic N) is 2. The summed E-state index contributed by atoms with van der Waals surface area (Å²) in [5.41, 5.74) is 2.94. The minimum Gasteiger partial charge on any atom is -0.335 e. The molecule has 0 aromatic heterocycles. The van der Waals surface area contributed by atoms with Crippen molar-refractivity contribution in [2.24, 2.45) is 0 Å². The second-order valence-electron chi connectivity index (χ2n) is 6.66. The molecule has 0 N–H and O–H groups in total. The number of rotatable bonds is 3. The molecule has 3 rings (SSSR count). The lowest BCUT2D eigenvalue weighted by Crippen LogP contribution is -2.51. The van der Waals surface area contributed by atoms with Crippen LogP contribution in [0.1, 0.15) is 27.0 Å². The molecule has 2 aromatic rings. The van der Waals surface area contributed by atoms with Crippen LogP contribution in [0.4, 0.5) is 8.78 Å². The fourth-order valence-electron chi connectivity index (χ4n) is 3.26.